The van der Waals surface area contributed by atoms with E-state index in [1.165, 1.54) is 57.6 Å². The molecule has 7 heteroatoms. The standard InChI is InChI=1S/C44H58N2O5/c1-27-18-23-44(26-45-39(50)46-31-14-12-30(13-15-31)38(49)51-7)25-24-42(5)33(36(27)44)16-17-35-41(4)21-19-32(28-8-10-29(11-9-28)37(47)48)40(2,3)34(41)20-22-43(35,42)6/h8-15,19,27,33-36H,16-18,20-26H2,1-7H3,(H,47,48)(H2,45,46,50)/t27?,33?,34?,35?,36?,41?,42-,43?,44?/m1/s1. The second-order valence-electron chi connectivity index (χ2n) is 18.4. The first-order valence-corrected chi connectivity index (χ1v) is 19.4. The van der Waals surface area contributed by atoms with Crippen molar-refractivity contribution in [3.8, 4) is 0 Å². The largest absolute Gasteiger partial charge is 0.478 e. The molecular weight excluding hydrogens is 636 g/mol. The van der Waals surface area contributed by atoms with Crippen LogP contribution in [0.5, 0.6) is 0 Å². The third-order valence-electron chi connectivity index (χ3n) is 16.1. The molecule has 4 saturated carbocycles. The lowest BCUT2D eigenvalue weighted by molar-refractivity contribution is -0.225. The number of fused-ring (bicyclic) bond motifs is 7. The summed E-state index contributed by atoms with van der Waals surface area (Å²) < 4.78 is 4.80. The zero-order valence-corrected chi connectivity index (χ0v) is 31.7. The number of esters is 1. The maximum Gasteiger partial charge on any atom is 0.337 e. The molecule has 8 unspecified atom stereocenters. The Balaban J connectivity index is 1.10. The quantitative estimate of drug-likeness (QED) is 0.261. The van der Waals surface area contributed by atoms with Crippen LogP contribution in [0.1, 0.15) is 126 Å². The molecule has 7 nitrogen and oxygen atoms in total. The third-order valence-corrected chi connectivity index (χ3v) is 16.1. The van der Waals surface area contributed by atoms with E-state index in [9.17, 15) is 19.5 Å². The molecule has 0 spiro atoms. The first-order valence-electron chi connectivity index (χ1n) is 19.4. The van der Waals surface area contributed by atoms with Crippen LogP contribution in [-0.2, 0) is 4.74 Å². The summed E-state index contributed by atoms with van der Waals surface area (Å²) in [6.45, 7) is 16.0. The van der Waals surface area contributed by atoms with Crippen molar-refractivity contribution >= 4 is 29.2 Å². The Morgan fingerprint density at radius 1 is 0.804 bits per heavy atom. The van der Waals surface area contributed by atoms with Gasteiger partial charge in [0.1, 0.15) is 0 Å². The summed E-state index contributed by atoms with van der Waals surface area (Å²) in [4.78, 5) is 36.6. The number of carbonyl (C=O) groups is 3. The van der Waals surface area contributed by atoms with Gasteiger partial charge in [-0.25, -0.2) is 14.4 Å². The normalized spacial score (nSPS) is 37.8. The van der Waals surface area contributed by atoms with Crippen molar-refractivity contribution in [1.82, 2.24) is 5.32 Å². The lowest BCUT2D eigenvalue weighted by atomic mass is 9.32. The lowest BCUT2D eigenvalue weighted by Crippen LogP contribution is -2.65. The number of allylic oxidation sites excluding steroid dienone is 2. The number of rotatable bonds is 6. The minimum Gasteiger partial charge on any atom is -0.478 e. The van der Waals surface area contributed by atoms with Gasteiger partial charge < -0.3 is 20.5 Å². The molecule has 0 bridgehead atoms. The van der Waals surface area contributed by atoms with Crippen LogP contribution in [0.4, 0.5) is 10.5 Å². The monoisotopic (exact) mass is 694 g/mol. The molecule has 0 radical (unpaired) electrons. The minimum atomic E-state index is -0.879. The van der Waals surface area contributed by atoms with Crippen LogP contribution in [0.3, 0.4) is 0 Å². The van der Waals surface area contributed by atoms with Gasteiger partial charge in [-0.3, -0.25) is 0 Å². The number of carbonyl (C=O) groups excluding carboxylic acids is 2. The molecule has 0 heterocycles. The molecule has 2 aromatic carbocycles. The van der Waals surface area contributed by atoms with Gasteiger partial charge in [-0.05, 0) is 162 Å². The van der Waals surface area contributed by atoms with E-state index in [2.05, 4.69) is 58.3 Å². The molecule has 0 aromatic heterocycles. The van der Waals surface area contributed by atoms with Gasteiger partial charge in [-0.2, -0.15) is 0 Å². The lowest BCUT2D eigenvalue weighted by Gasteiger charge is -2.72. The number of methoxy groups -OCH3 is 1. The number of anilines is 1. The molecule has 4 fully saturated rings. The molecule has 3 N–H and O–H groups in total. The van der Waals surface area contributed by atoms with Crippen molar-refractivity contribution < 1.29 is 24.2 Å². The molecule has 9 atom stereocenters. The number of benzene rings is 2. The van der Waals surface area contributed by atoms with Crippen LogP contribution < -0.4 is 10.6 Å². The Kier molecular flexibility index (Phi) is 8.78. The number of amides is 2. The number of hydrogen-bond acceptors (Lipinski definition) is 4. The third kappa shape index (κ3) is 5.46. The summed E-state index contributed by atoms with van der Waals surface area (Å²) in [5.41, 5.74) is 4.82. The van der Waals surface area contributed by atoms with Gasteiger partial charge in [0.15, 0.2) is 0 Å². The molecular formula is C44H58N2O5. The number of ether oxygens (including phenoxy) is 1. The average molecular weight is 695 g/mol. The van der Waals surface area contributed by atoms with Crippen LogP contribution in [0, 0.1) is 56.7 Å². The van der Waals surface area contributed by atoms with Crippen LogP contribution in [0.2, 0.25) is 0 Å². The Bertz CT molecular complexity index is 1730. The average Bonchev–Trinajstić information content (AvgIpc) is 3.43. The summed E-state index contributed by atoms with van der Waals surface area (Å²) >= 11 is 0. The Hall–Kier alpha value is -3.61. The van der Waals surface area contributed by atoms with E-state index in [0.717, 1.165) is 18.4 Å². The van der Waals surface area contributed by atoms with Crippen LogP contribution >= 0.6 is 0 Å². The summed E-state index contributed by atoms with van der Waals surface area (Å²) in [6, 6.07) is 14.2. The maximum absolute atomic E-state index is 13.2. The molecule has 0 saturated heterocycles. The number of hydrogen-bond donors (Lipinski definition) is 3. The van der Waals surface area contributed by atoms with Gasteiger partial charge in [-0.1, -0.05) is 59.8 Å². The number of nitrogens with one attached hydrogen (secondary N) is 2. The SMILES string of the molecule is COC(=O)c1ccc(NC(=O)NCC23CCC(C)C2C2CCC4C5(C)CC=C(c6ccc(C(=O)O)cc6)C(C)(C)C5CCC4(C)[C@]2(C)CC3)cc1. The Morgan fingerprint density at radius 3 is 2.16 bits per heavy atom. The summed E-state index contributed by atoms with van der Waals surface area (Å²) in [6.07, 6.45) is 13.4. The highest BCUT2D eigenvalue weighted by molar-refractivity contribution is 5.92. The second-order valence-corrected chi connectivity index (χ2v) is 18.4. The van der Waals surface area contributed by atoms with Gasteiger partial charge in [0.05, 0.1) is 18.2 Å². The van der Waals surface area contributed by atoms with Crippen LogP contribution in [0.15, 0.2) is 54.6 Å². The summed E-state index contributed by atoms with van der Waals surface area (Å²) in [7, 11) is 1.36. The van der Waals surface area contributed by atoms with E-state index >= 15 is 0 Å². The topological polar surface area (TPSA) is 105 Å². The van der Waals surface area contributed by atoms with Crippen molar-refractivity contribution in [3.63, 3.8) is 0 Å². The highest BCUT2D eigenvalue weighted by atomic mass is 16.5. The molecule has 5 aliphatic rings. The molecule has 274 valence electrons. The van der Waals surface area contributed by atoms with Crippen molar-refractivity contribution in [2.24, 2.45) is 56.7 Å². The van der Waals surface area contributed by atoms with Gasteiger partial charge in [0, 0.05) is 12.2 Å². The summed E-state index contributed by atoms with van der Waals surface area (Å²) in [5.74, 6) is 1.83. The molecule has 5 aliphatic carbocycles. The van der Waals surface area contributed by atoms with E-state index in [-0.39, 0.29) is 33.1 Å². The minimum absolute atomic E-state index is 0.00581. The Morgan fingerprint density at radius 2 is 1.49 bits per heavy atom. The number of urea groups is 1. The number of carboxylic acid groups (broad SMARTS) is 1. The fraction of sp³-hybridized carbons (Fsp3) is 0.614. The second kappa shape index (κ2) is 12.5. The van der Waals surface area contributed by atoms with E-state index in [0.29, 0.717) is 52.9 Å². The Labute approximate surface area is 304 Å². The fourth-order valence-corrected chi connectivity index (χ4v) is 13.5. The van der Waals surface area contributed by atoms with Crippen LogP contribution in [-0.4, -0.2) is 36.7 Å². The number of carboxylic acids is 1. The predicted octanol–water partition coefficient (Wildman–Crippen LogP) is 10.1. The molecule has 0 aliphatic heterocycles. The number of aromatic carboxylic acids is 1. The molecule has 2 amide bonds. The fourth-order valence-electron chi connectivity index (χ4n) is 13.5. The van der Waals surface area contributed by atoms with Crippen molar-refractivity contribution in [1.29, 1.82) is 0 Å². The maximum atomic E-state index is 13.2. The molecule has 51 heavy (non-hydrogen) atoms. The van der Waals surface area contributed by atoms with Gasteiger partial charge in [0.25, 0.3) is 0 Å². The predicted molar refractivity (Wildman–Crippen MR) is 201 cm³/mol. The van der Waals surface area contributed by atoms with Crippen molar-refractivity contribution in [3.05, 3.63) is 71.3 Å². The van der Waals surface area contributed by atoms with E-state index in [1.54, 1.807) is 36.4 Å². The highest BCUT2D eigenvalue weighted by Crippen LogP contribution is 2.77. The van der Waals surface area contributed by atoms with Gasteiger partial charge >= 0.3 is 18.0 Å². The van der Waals surface area contributed by atoms with Gasteiger partial charge in [-0.15, -0.1) is 0 Å². The first-order chi connectivity index (χ1) is 24.1. The molecule has 7 rings (SSSR count). The van der Waals surface area contributed by atoms with Gasteiger partial charge in [0.2, 0.25) is 0 Å². The summed E-state index contributed by atoms with van der Waals surface area (Å²) in [5, 5.41) is 15.8. The van der Waals surface area contributed by atoms with Crippen molar-refractivity contribution in [2.45, 2.75) is 99.3 Å². The van der Waals surface area contributed by atoms with Crippen molar-refractivity contribution in [2.75, 3.05) is 19.0 Å². The van der Waals surface area contributed by atoms with E-state index in [1.807, 2.05) is 12.1 Å². The van der Waals surface area contributed by atoms with Crippen LogP contribution in [0.25, 0.3) is 5.57 Å². The smallest absolute Gasteiger partial charge is 0.337 e. The first kappa shape index (κ1) is 35.8. The zero-order chi connectivity index (χ0) is 36.6. The highest BCUT2D eigenvalue weighted by Gasteiger charge is 2.70. The van der Waals surface area contributed by atoms with E-state index in [4.69, 9.17) is 4.74 Å². The molecule has 2 aromatic rings. The zero-order valence-electron chi connectivity index (χ0n) is 31.7. The van der Waals surface area contributed by atoms with E-state index < -0.39 is 11.9 Å².